The molecule has 3 rings (SSSR count). The van der Waals surface area contributed by atoms with Crippen LogP contribution in [-0.4, -0.2) is 21.1 Å². The topological polar surface area (TPSA) is 52.0 Å². The van der Waals surface area contributed by atoms with Gasteiger partial charge in [-0.3, -0.25) is 14.2 Å². The van der Waals surface area contributed by atoms with E-state index in [4.69, 9.17) is 4.98 Å². The van der Waals surface area contributed by atoms with Gasteiger partial charge in [-0.1, -0.05) is 18.7 Å². The molecular formula is C17H22N2O2S2. The minimum atomic E-state index is 0.0785. The summed E-state index contributed by atoms with van der Waals surface area (Å²) >= 11 is 3.05. The molecule has 0 radical (unpaired) electrons. The quantitative estimate of drug-likeness (QED) is 0.604. The fourth-order valence-corrected chi connectivity index (χ4v) is 5.24. The Balaban J connectivity index is 2.21. The van der Waals surface area contributed by atoms with Gasteiger partial charge in [-0.25, -0.2) is 4.98 Å². The van der Waals surface area contributed by atoms with Gasteiger partial charge in [0, 0.05) is 10.9 Å². The minimum Gasteiger partial charge on any atom is -0.299 e. The maximum atomic E-state index is 13.2. The lowest BCUT2D eigenvalue weighted by molar-refractivity contribution is -0.114. The number of hydrogen-bond donors (Lipinski definition) is 0. The summed E-state index contributed by atoms with van der Waals surface area (Å²) in [6.45, 7) is 5.69. The van der Waals surface area contributed by atoms with Gasteiger partial charge < -0.3 is 0 Å². The molecule has 0 aliphatic heterocycles. The minimum absolute atomic E-state index is 0.0785. The summed E-state index contributed by atoms with van der Waals surface area (Å²) in [5, 5.41) is 1.52. The molecular weight excluding hydrogens is 328 g/mol. The second-order valence-corrected chi connectivity index (χ2v) is 8.23. The predicted octanol–water partition coefficient (Wildman–Crippen LogP) is 3.99. The van der Waals surface area contributed by atoms with E-state index >= 15 is 0 Å². The molecule has 0 N–H and O–H groups in total. The first-order valence-electron chi connectivity index (χ1n) is 8.22. The Bertz CT molecular complexity index is 807. The van der Waals surface area contributed by atoms with E-state index in [2.05, 4.69) is 6.92 Å². The van der Waals surface area contributed by atoms with Gasteiger partial charge in [0.2, 0.25) is 0 Å². The van der Waals surface area contributed by atoms with E-state index < -0.39 is 0 Å². The van der Waals surface area contributed by atoms with Crippen LogP contribution in [0.3, 0.4) is 0 Å². The molecule has 1 aliphatic rings. The molecule has 0 fully saturated rings. The van der Waals surface area contributed by atoms with Crippen LogP contribution >= 0.6 is 23.1 Å². The van der Waals surface area contributed by atoms with Gasteiger partial charge in [-0.15, -0.1) is 11.3 Å². The highest BCUT2D eigenvalue weighted by Gasteiger charge is 2.23. The van der Waals surface area contributed by atoms with Gasteiger partial charge in [0.05, 0.1) is 11.1 Å². The van der Waals surface area contributed by atoms with Crippen molar-refractivity contribution in [3.8, 4) is 0 Å². The fourth-order valence-electron chi connectivity index (χ4n) is 3.04. The number of carbonyl (C=O) groups excluding carboxylic acids is 1. The number of hydrogen-bond acceptors (Lipinski definition) is 5. The maximum absolute atomic E-state index is 13.2. The third-order valence-corrected chi connectivity index (χ3v) is 6.71. The van der Waals surface area contributed by atoms with Crippen molar-refractivity contribution in [1.29, 1.82) is 0 Å². The van der Waals surface area contributed by atoms with Gasteiger partial charge in [0.25, 0.3) is 5.56 Å². The van der Waals surface area contributed by atoms with Gasteiger partial charge in [0.15, 0.2) is 5.16 Å². The lowest BCUT2D eigenvalue weighted by Crippen LogP contribution is -2.26. The predicted molar refractivity (Wildman–Crippen MR) is 96.9 cm³/mol. The number of Topliss-reactive ketones (excluding diaryl/α,β-unsaturated/α-hetero) is 1. The van der Waals surface area contributed by atoms with E-state index in [1.807, 2.05) is 6.92 Å². The maximum Gasteiger partial charge on any atom is 0.263 e. The first kappa shape index (κ1) is 16.7. The molecule has 1 aliphatic carbocycles. The Hall–Kier alpha value is -1.14. The Labute approximate surface area is 144 Å². The smallest absolute Gasteiger partial charge is 0.263 e. The van der Waals surface area contributed by atoms with Crippen LogP contribution < -0.4 is 5.56 Å². The molecule has 0 amide bonds. The molecule has 23 heavy (non-hydrogen) atoms. The van der Waals surface area contributed by atoms with E-state index in [0.717, 1.165) is 35.9 Å². The Morgan fingerprint density at radius 3 is 2.83 bits per heavy atom. The zero-order valence-electron chi connectivity index (χ0n) is 13.8. The Morgan fingerprint density at radius 1 is 1.39 bits per heavy atom. The largest absolute Gasteiger partial charge is 0.299 e. The van der Waals surface area contributed by atoms with Gasteiger partial charge in [0.1, 0.15) is 10.6 Å². The average Bonchev–Trinajstić information content (AvgIpc) is 2.90. The molecule has 0 bridgehead atoms. The number of ketones is 1. The first-order valence-corrected chi connectivity index (χ1v) is 10.0. The number of fused-ring (bicyclic) bond motifs is 3. The third-order valence-electron chi connectivity index (χ3n) is 4.42. The second-order valence-electron chi connectivity index (χ2n) is 6.21. The molecule has 0 aromatic carbocycles. The first-order chi connectivity index (χ1) is 11.0. The number of carbonyl (C=O) groups is 1. The van der Waals surface area contributed by atoms with Crippen molar-refractivity contribution >= 4 is 39.1 Å². The summed E-state index contributed by atoms with van der Waals surface area (Å²) in [5.41, 5.74) is 1.31. The molecule has 0 spiro atoms. The summed E-state index contributed by atoms with van der Waals surface area (Å²) < 4.78 is 1.80. The Kier molecular flexibility index (Phi) is 4.92. The molecule has 2 heterocycles. The molecule has 0 unspecified atom stereocenters. The lowest BCUT2D eigenvalue weighted by Gasteiger charge is -2.17. The molecule has 1 atom stereocenters. The number of aryl methyl sites for hydroxylation is 2. The molecule has 0 saturated heterocycles. The number of thioether (sulfide) groups is 1. The number of rotatable bonds is 5. The fraction of sp³-hybridized carbons (Fsp3) is 0.588. The number of nitrogens with zero attached hydrogens (tertiary/aromatic N) is 2. The van der Waals surface area contributed by atoms with E-state index in [-0.39, 0.29) is 17.4 Å². The highest BCUT2D eigenvalue weighted by atomic mass is 32.2. The third kappa shape index (κ3) is 3.11. The van der Waals surface area contributed by atoms with Gasteiger partial charge >= 0.3 is 0 Å². The highest BCUT2D eigenvalue weighted by Crippen LogP contribution is 2.35. The summed E-state index contributed by atoms with van der Waals surface area (Å²) in [6, 6.07) is 0.0907. The van der Waals surface area contributed by atoms with Crippen LogP contribution in [-0.2, 0) is 17.6 Å². The molecule has 2 aromatic heterocycles. The monoisotopic (exact) mass is 350 g/mol. The normalized spacial score (nSPS) is 15.6. The van der Waals surface area contributed by atoms with Crippen molar-refractivity contribution in [2.45, 2.75) is 64.1 Å². The summed E-state index contributed by atoms with van der Waals surface area (Å²) in [4.78, 5) is 31.5. The standard InChI is InChI=1S/C17H22N2O2S2/c1-4-10(2)19-16(21)14-12-7-5-6-8-13(12)23-15(14)18-17(19)22-9-11(3)20/h10H,4-9H2,1-3H3/t10-/m0/s1. The van der Waals surface area contributed by atoms with E-state index in [9.17, 15) is 9.59 Å². The van der Waals surface area contributed by atoms with Crippen LogP contribution in [0.15, 0.2) is 9.95 Å². The van der Waals surface area contributed by atoms with E-state index in [1.54, 1.807) is 22.8 Å². The average molecular weight is 351 g/mol. The molecule has 2 aromatic rings. The van der Waals surface area contributed by atoms with Crippen LogP contribution in [0.2, 0.25) is 0 Å². The summed E-state index contributed by atoms with van der Waals surface area (Å²) in [7, 11) is 0. The van der Waals surface area contributed by atoms with Gasteiger partial charge in [-0.05, 0) is 51.5 Å². The van der Waals surface area contributed by atoms with Crippen molar-refractivity contribution in [2.24, 2.45) is 0 Å². The van der Waals surface area contributed by atoms with Crippen LogP contribution in [0, 0.1) is 0 Å². The number of thiophene rings is 1. The van der Waals surface area contributed by atoms with E-state index in [0.29, 0.717) is 10.9 Å². The van der Waals surface area contributed by atoms with Crippen molar-refractivity contribution < 1.29 is 4.79 Å². The zero-order chi connectivity index (χ0) is 16.6. The lowest BCUT2D eigenvalue weighted by atomic mass is 9.97. The summed E-state index contributed by atoms with van der Waals surface area (Å²) in [5.74, 6) is 0.463. The van der Waals surface area contributed by atoms with Crippen LogP contribution in [0.4, 0.5) is 0 Å². The molecule has 0 saturated carbocycles. The van der Waals surface area contributed by atoms with Crippen LogP contribution in [0.25, 0.3) is 10.2 Å². The summed E-state index contributed by atoms with van der Waals surface area (Å²) in [6.07, 6.45) is 5.28. The van der Waals surface area contributed by atoms with Crippen molar-refractivity contribution in [2.75, 3.05) is 5.75 Å². The highest BCUT2D eigenvalue weighted by molar-refractivity contribution is 7.99. The SMILES string of the molecule is CC[C@H](C)n1c(SCC(C)=O)nc2sc3c(c2c1=O)CCCC3. The van der Waals surface area contributed by atoms with Crippen LogP contribution in [0.5, 0.6) is 0 Å². The zero-order valence-corrected chi connectivity index (χ0v) is 15.5. The molecule has 6 heteroatoms. The van der Waals surface area contributed by atoms with Crippen molar-refractivity contribution in [1.82, 2.24) is 9.55 Å². The number of aromatic nitrogens is 2. The molecule has 4 nitrogen and oxygen atoms in total. The van der Waals surface area contributed by atoms with Crippen molar-refractivity contribution in [3.05, 3.63) is 20.8 Å². The van der Waals surface area contributed by atoms with Gasteiger partial charge in [-0.2, -0.15) is 0 Å². The van der Waals surface area contributed by atoms with E-state index in [1.165, 1.54) is 28.6 Å². The second kappa shape index (κ2) is 6.77. The van der Waals surface area contributed by atoms with Crippen LogP contribution in [0.1, 0.15) is 56.5 Å². The molecule has 124 valence electrons. The Morgan fingerprint density at radius 2 is 2.13 bits per heavy atom. The van der Waals surface area contributed by atoms with Crippen molar-refractivity contribution in [3.63, 3.8) is 0 Å².